The highest BCUT2D eigenvalue weighted by atomic mass is 32.1. The molecule has 1 heterocycles. The molecule has 2 aromatic rings. The molecule has 19 heavy (non-hydrogen) atoms. The van der Waals surface area contributed by atoms with Crippen LogP contribution in [0.2, 0.25) is 0 Å². The number of rotatable bonds is 4. The molecule has 0 saturated carbocycles. The van der Waals surface area contributed by atoms with Crippen molar-refractivity contribution in [1.29, 1.82) is 0 Å². The maximum absolute atomic E-state index is 11.4. The minimum Gasteiger partial charge on any atom is -0.378 e. The molecule has 0 radical (unpaired) electrons. The summed E-state index contributed by atoms with van der Waals surface area (Å²) >= 11 is 1.47. The molecule has 0 bridgehead atoms. The molecule has 0 aliphatic rings. The van der Waals surface area contributed by atoms with E-state index in [9.17, 15) is 4.79 Å². The largest absolute Gasteiger partial charge is 0.378 e. The van der Waals surface area contributed by atoms with Gasteiger partial charge in [0, 0.05) is 12.6 Å². The topological polar surface area (TPSA) is 42.0 Å². The molecular weight excluding hydrogens is 256 g/mol. The Kier molecular flexibility index (Phi) is 4.00. The maximum atomic E-state index is 11.4. The lowest BCUT2D eigenvalue weighted by Gasteiger charge is -2.08. The minimum absolute atomic E-state index is 0.0907. The van der Waals surface area contributed by atoms with Crippen LogP contribution in [-0.4, -0.2) is 10.8 Å². The van der Waals surface area contributed by atoms with Crippen molar-refractivity contribution in [2.75, 3.05) is 5.32 Å². The van der Waals surface area contributed by atoms with Crippen LogP contribution in [-0.2, 0) is 6.54 Å². The summed E-state index contributed by atoms with van der Waals surface area (Å²) in [7, 11) is 0. The molecule has 1 aromatic carbocycles. The van der Waals surface area contributed by atoms with Gasteiger partial charge >= 0.3 is 0 Å². The summed E-state index contributed by atoms with van der Waals surface area (Å²) in [4.78, 5) is 16.6. The Balaban J connectivity index is 2.12. The first-order chi connectivity index (χ1) is 8.97. The Hall–Kier alpha value is -1.68. The summed E-state index contributed by atoms with van der Waals surface area (Å²) in [5, 5.41) is 4.33. The number of hydrogen-bond acceptors (Lipinski definition) is 4. The first-order valence-electron chi connectivity index (χ1n) is 6.25. The fraction of sp³-hybridized carbons (Fsp3) is 0.333. The first kappa shape index (κ1) is 13.7. The van der Waals surface area contributed by atoms with Gasteiger partial charge in [-0.2, -0.15) is 0 Å². The Morgan fingerprint density at radius 1 is 1.32 bits per heavy atom. The third kappa shape index (κ3) is 3.20. The maximum Gasteiger partial charge on any atom is 0.171 e. The molecule has 4 heteroatoms. The number of hydrogen-bond donors (Lipinski definition) is 1. The van der Waals surface area contributed by atoms with E-state index in [1.165, 1.54) is 22.5 Å². The second-order valence-corrected chi connectivity index (χ2v) is 5.83. The van der Waals surface area contributed by atoms with E-state index in [1.54, 1.807) is 6.92 Å². The smallest absolute Gasteiger partial charge is 0.171 e. The number of Topliss-reactive ketones (excluding diaryl/α,β-unsaturated/α-hetero) is 1. The predicted molar refractivity (Wildman–Crippen MR) is 80.1 cm³/mol. The van der Waals surface area contributed by atoms with Crippen molar-refractivity contribution in [1.82, 2.24) is 4.98 Å². The number of ketones is 1. The van der Waals surface area contributed by atoms with Crippen LogP contribution in [0.1, 0.15) is 38.4 Å². The van der Waals surface area contributed by atoms with E-state index in [1.807, 2.05) is 6.92 Å². The molecule has 0 spiro atoms. The number of thiazole rings is 1. The summed E-state index contributed by atoms with van der Waals surface area (Å²) < 4.78 is 0. The lowest BCUT2D eigenvalue weighted by atomic mass is 10.1. The van der Waals surface area contributed by atoms with Crippen LogP contribution in [0.15, 0.2) is 18.2 Å². The third-order valence-corrected chi connectivity index (χ3v) is 4.24. The van der Waals surface area contributed by atoms with Gasteiger partial charge in [-0.05, 0) is 38.0 Å². The zero-order valence-corrected chi connectivity index (χ0v) is 12.5. The third-order valence-electron chi connectivity index (χ3n) is 2.98. The Morgan fingerprint density at radius 3 is 2.68 bits per heavy atom. The van der Waals surface area contributed by atoms with Crippen LogP contribution in [0.5, 0.6) is 0 Å². The number of nitrogens with zero attached hydrogens (tertiary/aromatic N) is 1. The molecule has 100 valence electrons. The predicted octanol–water partition coefficient (Wildman–Crippen LogP) is 3.88. The molecule has 0 unspecified atom stereocenters. The van der Waals surface area contributed by atoms with E-state index in [-0.39, 0.29) is 5.78 Å². The lowest BCUT2D eigenvalue weighted by Crippen LogP contribution is -2.01. The quantitative estimate of drug-likeness (QED) is 0.860. The van der Waals surface area contributed by atoms with E-state index >= 15 is 0 Å². The Labute approximate surface area is 117 Å². The van der Waals surface area contributed by atoms with E-state index in [0.717, 1.165) is 21.3 Å². The van der Waals surface area contributed by atoms with Crippen LogP contribution in [0.25, 0.3) is 0 Å². The zero-order valence-electron chi connectivity index (χ0n) is 11.7. The minimum atomic E-state index is 0.0907. The number of nitrogens with one attached hydrogen (secondary N) is 1. The van der Waals surface area contributed by atoms with Crippen molar-refractivity contribution in [2.45, 2.75) is 34.2 Å². The summed E-state index contributed by atoms with van der Waals surface area (Å²) in [5.41, 5.74) is 4.39. The fourth-order valence-corrected chi connectivity index (χ4v) is 2.85. The number of carbonyl (C=O) groups excluding carboxylic acids is 1. The van der Waals surface area contributed by atoms with Gasteiger partial charge in [-0.3, -0.25) is 4.79 Å². The average molecular weight is 274 g/mol. The van der Waals surface area contributed by atoms with Crippen LogP contribution in [0.3, 0.4) is 0 Å². The van der Waals surface area contributed by atoms with Crippen LogP contribution in [0, 0.1) is 20.8 Å². The van der Waals surface area contributed by atoms with Crippen molar-refractivity contribution in [3.05, 3.63) is 44.9 Å². The number of aromatic nitrogens is 1. The Morgan fingerprint density at radius 2 is 2.05 bits per heavy atom. The van der Waals surface area contributed by atoms with Gasteiger partial charge in [-0.1, -0.05) is 12.1 Å². The SMILES string of the molecule is CC(=O)c1sc(CNc2cc(C)ccc2C)nc1C. The summed E-state index contributed by atoms with van der Waals surface area (Å²) in [6, 6.07) is 6.33. The summed E-state index contributed by atoms with van der Waals surface area (Å²) in [6.45, 7) is 8.28. The molecule has 0 amide bonds. The molecule has 0 atom stereocenters. The summed E-state index contributed by atoms with van der Waals surface area (Å²) in [6.07, 6.45) is 0. The van der Waals surface area contributed by atoms with E-state index in [4.69, 9.17) is 0 Å². The van der Waals surface area contributed by atoms with E-state index < -0.39 is 0 Å². The lowest BCUT2D eigenvalue weighted by molar-refractivity contribution is 0.102. The molecule has 0 aliphatic carbocycles. The van der Waals surface area contributed by atoms with Crippen molar-refractivity contribution in [3.8, 4) is 0 Å². The highest BCUT2D eigenvalue weighted by molar-refractivity contribution is 7.13. The highest BCUT2D eigenvalue weighted by Gasteiger charge is 2.11. The zero-order chi connectivity index (χ0) is 14.0. The highest BCUT2D eigenvalue weighted by Crippen LogP contribution is 2.21. The second kappa shape index (κ2) is 5.53. The van der Waals surface area contributed by atoms with Crippen molar-refractivity contribution >= 4 is 22.8 Å². The molecule has 0 fully saturated rings. The fourth-order valence-electron chi connectivity index (χ4n) is 1.95. The standard InChI is InChI=1S/C15H18N2OS/c1-9-5-6-10(2)13(7-9)16-8-14-17-11(3)15(19-14)12(4)18/h5-7,16H,8H2,1-4H3. The van der Waals surface area contributed by atoms with Crippen LogP contribution < -0.4 is 5.32 Å². The van der Waals surface area contributed by atoms with Gasteiger partial charge < -0.3 is 5.32 Å². The van der Waals surface area contributed by atoms with Crippen molar-refractivity contribution in [2.24, 2.45) is 0 Å². The summed E-state index contributed by atoms with van der Waals surface area (Å²) in [5.74, 6) is 0.0907. The first-order valence-corrected chi connectivity index (χ1v) is 7.07. The number of carbonyl (C=O) groups is 1. The molecule has 1 N–H and O–H groups in total. The molecule has 2 rings (SSSR count). The van der Waals surface area contributed by atoms with E-state index in [2.05, 4.69) is 42.3 Å². The van der Waals surface area contributed by atoms with Crippen LogP contribution >= 0.6 is 11.3 Å². The van der Waals surface area contributed by atoms with Crippen molar-refractivity contribution < 1.29 is 4.79 Å². The number of benzene rings is 1. The number of aryl methyl sites for hydroxylation is 3. The molecular formula is C15H18N2OS. The van der Waals surface area contributed by atoms with Gasteiger partial charge in [0.2, 0.25) is 0 Å². The van der Waals surface area contributed by atoms with Gasteiger partial charge in [0.15, 0.2) is 5.78 Å². The van der Waals surface area contributed by atoms with Crippen LogP contribution in [0.4, 0.5) is 5.69 Å². The molecule has 0 saturated heterocycles. The number of anilines is 1. The second-order valence-electron chi connectivity index (χ2n) is 4.75. The van der Waals surface area contributed by atoms with Crippen molar-refractivity contribution in [3.63, 3.8) is 0 Å². The molecule has 0 aliphatic heterocycles. The Bertz CT molecular complexity index is 617. The van der Waals surface area contributed by atoms with E-state index in [0.29, 0.717) is 6.54 Å². The molecule has 3 nitrogen and oxygen atoms in total. The van der Waals surface area contributed by atoms with Gasteiger partial charge in [0.25, 0.3) is 0 Å². The van der Waals surface area contributed by atoms with Gasteiger partial charge in [-0.25, -0.2) is 4.98 Å². The monoisotopic (exact) mass is 274 g/mol. The van der Waals surface area contributed by atoms with Gasteiger partial charge in [0.1, 0.15) is 5.01 Å². The average Bonchev–Trinajstić information content (AvgIpc) is 2.72. The van der Waals surface area contributed by atoms with Gasteiger partial charge in [-0.15, -0.1) is 11.3 Å². The molecule has 1 aromatic heterocycles. The normalized spacial score (nSPS) is 10.5. The van der Waals surface area contributed by atoms with Gasteiger partial charge in [0.05, 0.1) is 17.1 Å².